The zero-order valence-electron chi connectivity index (χ0n) is 9.29. The minimum absolute atomic E-state index is 0.208. The van der Waals surface area contributed by atoms with Crippen molar-refractivity contribution in [1.82, 2.24) is 0 Å². The lowest BCUT2D eigenvalue weighted by molar-refractivity contribution is 0.623. The largest absolute Gasteiger partial charge is 0.361 e. The molecule has 0 bridgehead atoms. The predicted octanol–water partition coefficient (Wildman–Crippen LogP) is 4.12. The molecule has 86 valence electrons. The van der Waals surface area contributed by atoms with Crippen molar-refractivity contribution in [2.45, 2.75) is 6.92 Å². The molecule has 0 aliphatic heterocycles. The first-order valence-corrected chi connectivity index (χ1v) is 5.88. The molecule has 0 saturated carbocycles. The van der Waals surface area contributed by atoms with Crippen molar-refractivity contribution < 1.29 is 4.39 Å². The van der Waals surface area contributed by atoms with Gasteiger partial charge in [0.15, 0.2) is 0 Å². The summed E-state index contributed by atoms with van der Waals surface area (Å²) in [4.78, 5) is 1.92. The zero-order chi connectivity index (χ0) is 12.0. The molecule has 0 radical (unpaired) electrons. The van der Waals surface area contributed by atoms with Crippen LogP contribution in [-0.2, 0) is 0 Å². The number of rotatable bonds is 5. The number of hydrogen-bond acceptors (Lipinski definition) is 1. The molecule has 0 fully saturated rings. The van der Waals surface area contributed by atoms with Crippen molar-refractivity contribution in [2.24, 2.45) is 0 Å². The minimum Gasteiger partial charge on any atom is -0.361 e. The number of halogens is 2. The Labute approximate surface area is 104 Å². The number of hydrogen-bond donors (Lipinski definition) is 0. The number of allylic oxidation sites excluding steroid dienone is 1. The highest BCUT2D eigenvalue weighted by atomic mass is 79.9. The highest BCUT2D eigenvalue weighted by Crippen LogP contribution is 2.20. The summed E-state index contributed by atoms with van der Waals surface area (Å²) in [5, 5.41) is 0. The predicted molar refractivity (Wildman–Crippen MR) is 71.5 cm³/mol. The summed E-state index contributed by atoms with van der Waals surface area (Å²) < 4.78 is 14.4. The Hall–Kier alpha value is -1.09. The van der Waals surface area contributed by atoms with E-state index < -0.39 is 0 Å². The van der Waals surface area contributed by atoms with E-state index in [1.165, 1.54) is 6.07 Å². The molecule has 0 saturated heterocycles. The smallest absolute Gasteiger partial charge is 0.146 e. The van der Waals surface area contributed by atoms with Crippen molar-refractivity contribution in [2.75, 3.05) is 18.0 Å². The summed E-state index contributed by atoms with van der Waals surface area (Å²) in [6.07, 6.45) is 3.94. The number of nitrogens with zero attached hydrogens (tertiary/aromatic N) is 1. The normalized spacial score (nSPS) is 10.7. The van der Waals surface area contributed by atoms with Gasteiger partial charge in [0.2, 0.25) is 0 Å². The van der Waals surface area contributed by atoms with Crippen LogP contribution < -0.4 is 4.90 Å². The topological polar surface area (TPSA) is 3.24 Å². The monoisotopic (exact) mass is 283 g/mol. The fraction of sp³-hybridized carbons (Fsp3) is 0.231. The van der Waals surface area contributed by atoms with E-state index in [0.29, 0.717) is 18.8 Å². The van der Waals surface area contributed by atoms with Crippen LogP contribution in [0.4, 0.5) is 10.1 Å². The van der Waals surface area contributed by atoms with Crippen LogP contribution in [0.2, 0.25) is 0 Å². The molecule has 3 heteroatoms. The average molecular weight is 284 g/mol. The summed E-state index contributed by atoms with van der Waals surface area (Å²) in [5.74, 6) is -0.208. The maximum Gasteiger partial charge on any atom is 0.146 e. The Morgan fingerprint density at radius 3 is 2.75 bits per heavy atom. The van der Waals surface area contributed by atoms with E-state index in [9.17, 15) is 4.39 Å². The van der Waals surface area contributed by atoms with Gasteiger partial charge in [0.05, 0.1) is 5.69 Å². The third-order valence-electron chi connectivity index (χ3n) is 2.12. The molecule has 0 amide bonds. The number of anilines is 1. The van der Waals surface area contributed by atoms with Gasteiger partial charge in [0.25, 0.3) is 0 Å². The van der Waals surface area contributed by atoms with Gasteiger partial charge in [-0.3, -0.25) is 0 Å². The Balaban J connectivity index is 2.91. The number of benzene rings is 1. The Kier molecular flexibility index (Phi) is 5.26. The van der Waals surface area contributed by atoms with Crippen LogP contribution in [0.3, 0.4) is 0 Å². The Morgan fingerprint density at radius 2 is 2.19 bits per heavy atom. The molecule has 0 atom stereocenters. The molecule has 1 aromatic carbocycles. The quantitative estimate of drug-likeness (QED) is 0.735. The molecule has 0 spiro atoms. The van der Waals surface area contributed by atoms with E-state index in [0.717, 1.165) is 4.48 Å². The third kappa shape index (κ3) is 3.81. The van der Waals surface area contributed by atoms with Crippen LogP contribution >= 0.6 is 15.9 Å². The first-order chi connectivity index (χ1) is 7.65. The lowest BCUT2D eigenvalue weighted by Gasteiger charge is -2.23. The first kappa shape index (κ1) is 13.0. The zero-order valence-corrected chi connectivity index (χ0v) is 10.9. The molecule has 0 aliphatic rings. The van der Waals surface area contributed by atoms with E-state index in [1.807, 2.05) is 30.0 Å². The van der Waals surface area contributed by atoms with Crippen LogP contribution in [0.5, 0.6) is 0 Å². The standard InChI is InChI=1S/C13H15BrFN/c1-3-4-9-16(10-11(2)14)13-8-6-5-7-12(13)15/h3-8H,2,9-10H2,1H3/b4-3+. The summed E-state index contributed by atoms with van der Waals surface area (Å²) in [6.45, 7) is 6.99. The molecule has 0 heterocycles. The van der Waals surface area contributed by atoms with Crippen LogP contribution in [0, 0.1) is 5.82 Å². The van der Waals surface area contributed by atoms with E-state index in [1.54, 1.807) is 12.1 Å². The molecule has 1 rings (SSSR count). The van der Waals surface area contributed by atoms with Crippen LogP contribution in [-0.4, -0.2) is 13.1 Å². The average Bonchev–Trinajstić information content (AvgIpc) is 2.24. The van der Waals surface area contributed by atoms with E-state index in [2.05, 4.69) is 22.5 Å². The molecule has 1 aromatic rings. The van der Waals surface area contributed by atoms with E-state index >= 15 is 0 Å². The van der Waals surface area contributed by atoms with Crippen LogP contribution in [0.15, 0.2) is 47.5 Å². The van der Waals surface area contributed by atoms with Gasteiger partial charge in [-0.1, -0.05) is 46.8 Å². The molecule has 0 N–H and O–H groups in total. The van der Waals surface area contributed by atoms with Gasteiger partial charge < -0.3 is 4.90 Å². The lowest BCUT2D eigenvalue weighted by atomic mass is 10.2. The van der Waals surface area contributed by atoms with E-state index in [-0.39, 0.29) is 5.82 Å². The molecular formula is C13H15BrFN. The molecule has 0 unspecified atom stereocenters. The minimum atomic E-state index is -0.208. The van der Waals surface area contributed by atoms with Gasteiger partial charge >= 0.3 is 0 Å². The van der Waals surface area contributed by atoms with Crippen molar-refractivity contribution in [3.05, 3.63) is 53.3 Å². The van der Waals surface area contributed by atoms with Crippen molar-refractivity contribution in [3.8, 4) is 0 Å². The summed E-state index contributed by atoms with van der Waals surface area (Å²) in [5.41, 5.74) is 0.598. The fourth-order valence-electron chi connectivity index (χ4n) is 1.40. The van der Waals surface area contributed by atoms with Crippen molar-refractivity contribution in [3.63, 3.8) is 0 Å². The molecule has 0 aromatic heterocycles. The SMILES string of the molecule is C=C(Br)CN(C/C=C/C)c1ccccc1F. The molecule has 1 nitrogen and oxygen atoms in total. The van der Waals surface area contributed by atoms with E-state index in [4.69, 9.17) is 0 Å². The van der Waals surface area contributed by atoms with Gasteiger partial charge in [0.1, 0.15) is 5.82 Å². The van der Waals surface area contributed by atoms with Crippen molar-refractivity contribution in [1.29, 1.82) is 0 Å². The Morgan fingerprint density at radius 1 is 1.50 bits per heavy atom. The van der Waals surface area contributed by atoms with Gasteiger partial charge in [-0.2, -0.15) is 0 Å². The second kappa shape index (κ2) is 6.48. The van der Waals surface area contributed by atoms with Gasteiger partial charge in [-0.15, -0.1) is 0 Å². The highest BCUT2D eigenvalue weighted by Gasteiger charge is 2.09. The van der Waals surface area contributed by atoms with Gasteiger partial charge in [-0.05, 0) is 19.1 Å². The summed E-state index contributed by atoms with van der Waals surface area (Å²) in [6, 6.07) is 6.76. The third-order valence-corrected chi connectivity index (χ3v) is 2.37. The van der Waals surface area contributed by atoms with Gasteiger partial charge in [-0.25, -0.2) is 4.39 Å². The fourth-order valence-corrected chi connectivity index (χ4v) is 1.70. The lowest BCUT2D eigenvalue weighted by Crippen LogP contribution is -2.25. The second-order valence-corrected chi connectivity index (χ2v) is 4.54. The maximum absolute atomic E-state index is 13.6. The molecular weight excluding hydrogens is 269 g/mol. The molecule has 0 aliphatic carbocycles. The summed E-state index contributed by atoms with van der Waals surface area (Å²) >= 11 is 3.31. The van der Waals surface area contributed by atoms with Crippen LogP contribution in [0.1, 0.15) is 6.92 Å². The summed E-state index contributed by atoms with van der Waals surface area (Å²) in [7, 11) is 0. The second-order valence-electron chi connectivity index (χ2n) is 3.42. The number of para-hydroxylation sites is 1. The highest BCUT2D eigenvalue weighted by molar-refractivity contribution is 9.11. The maximum atomic E-state index is 13.6. The molecule has 16 heavy (non-hydrogen) atoms. The van der Waals surface area contributed by atoms with Crippen molar-refractivity contribution >= 4 is 21.6 Å². The first-order valence-electron chi connectivity index (χ1n) is 5.09. The van der Waals surface area contributed by atoms with Crippen LogP contribution in [0.25, 0.3) is 0 Å². The van der Waals surface area contributed by atoms with Gasteiger partial charge in [0, 0.05) is 17.6 Å². The Bertz CT molecular complexity index is 387.